The fraction of sp³-hybridized carbons (Fsp3) is 0.154. The van der Waals surface area contributed by atoms with Crippen molar-refractivity contribution in [1.29, 1.82) is 0 Å². The summed E-state index contributed by atoms with van der Waals surface area (Å²) in [6.07, 6.45) is 0. The van der Waals surface area contributed by atoms with Gasteiger partial charge in [-0.05, 0) is 38.1 Å². The van der Waals surface area contributed by atoms with Crippen molar-refractivity contribution in [3.63, 3.8) is 0 Å². The van der Waals surface area contributed by atoms with Crippen molar-refractivity contribution in [2.75, 3.05) is 11.9 Å². The van der Waals surface area contributed by atoms with Gasteiger partial charge in [-0.1, -0.05) is 72.4 Å². The average molecular weight is 444 g/mol. The van der Waals surface area contributed by atoms with Crippen LogP contribution >= 0.6 is 11.8 Å². The van der Waals surface area contributed by atoms with Crippen LogP contribution in [-0.4, -0.2) is 27.7 Å². The first-order chi connectivity index (χ1) is 15.6. The van der Waals surface area contributed by atoms with E-state index < -0.39 is 0 Å². The summed E-state index contributed by atoms with van der Waals surface area (Å²) in [7, 11) is 0. The minimum absolute atomic E-state index is 0.0851. The summed E-state index contributed by atoms with van der Waals surface area (Å²) in [6.45, 7) is 4.43. The minimum Gasteiger partial charge on any atom is -0.494 e. The molecule has 1 aromatic heterocycles. The number of imidazole rings is 1. The van der Waals surface area contributed by atoms with Crippen LogP contribution in [0.5, 0.6) is 5.75 Å². The van der Waals surface area contributed by atoms with Gasteiger partial charge in [0.25, 0.3) is 0 Å². The molecule has 0 bridgehead atoms. The van der Waals surface area contributed by atoms with Crippen LogP contribution in [-0.2, 0) is 4.79 Å². The fourth-order valence-corrected chi connectivity index (χ4v) is 4.10. The van der Waals surface area contributed by atoms with Crippen molar-refractivity contribution in [1.82, 2.24) is 9.97 Å². The Morgan fingerprint density at radius 3 is 2.22 bits per heavy atom. The molecule has 0 aliphatic rings. The number of nitrogens with zero attached hydrogens (tertiary/aromatic N) is 1. The van der Waals surface area contributed by atoms with E-state index in [-0.39, 0.29) is 11.2 Å². The summed E-state index contributed by atoms with van der Waals surface area (Å²) >= 11 is 1.40. The Labute approximate surface area is 192 Å². The van der Waals surface area contributed by atoms with Crippen LogP contribution in [0.25, 0.3) is 22.5 Å². The molecule has 6 heteroatoms. The number of carbonyl (C=O) groups excluding carboxylic acids is 1. The van der Waals surface area contributed by atoms with Gasteiger partial charge in [0.1, 0.15) is 5.75 Å². The molecule has 32 heavy (non-hydrogen) atoms. The highest BCUT2D eigenvalue weighted by Gasteiger charge is 2.20. The number of anilines is 1. The Morgan fingerprint density at radius 1 is 0.969 bits per heavy atom. The van der Waals surface area contributed by atoms with Gasteiger partial charge in [0.05, 0.1) is 23.2 Å². The van der Waals surface area contributed by atoms with Gasteiger partial charge in [0.2, 0.25) is 5.91 Å². The Balaban J connectivity index is 1.52. The van der Waals surface area contributed by atoms with Gasteiger partial charge in [0.15, 0.2) is 5.16 Å². The highest BCUT2D eigenvalue weighted by atomic mass is 32.2. The van der Waals surface area contributed by atoms with Crippen molar-refractivity contribution in [3.05, 3.63) is 84.9 Å². The number of benzene rings is 3. The molecule has 4 aromatic rings. The van der Waals surface area contributed by atoms with Crippen molar-refractivity contribution >= 4 is 23.4 Å². The van der Waals surface area contributed by atoms with Gasteiger partial charge in [0, 0.05) is 16.8 Å². The third-order valence-corrected chi connectivity index (χ3v) is 5.87. The maximum absolute atomic E-state index is 12.8. The lowest BCUT2D eigenvalue weighted by Gasteiger charge is -2.11. The first-order valence-electron chi connectivity index (χ1n) is 10.5. The number of ether oxygens (including phenoxy) is 1. The van der Waals surface area contributed by atoms with Crippen LogP contribution in [0.1, 0.15) is 13.8 Å². The van der Waals surface area contributed by atoms with Crippen LogP contribution in [0, 0.1) is 0 Å². The molecule has 2 N–H and O–H groups in total. The van der Waals surface area contributed by atoms with Crippen molar-refractivity contribution in [3.8, 4) is 28.3 Å². The van der Waals surface area contributed by atoms with Gasteiger partial charge in [-0.25, -0.2) is 4.98 Å². The van der Waals surface area contributed by atoms with E-state index in [2.05, 4.69) is 22.4 Å². The number of nitrogens with one attached hydrogen (secondary N) is 2. The molecule has 4 rings (SSSR count). The monoisotopic (exact) mass is 443 g/mol. The van der Waals surface area contributed by atoms with E-state index in [4.69, 9.17) is 9.72 Å². The van der Waals surface area contributed by atoms with Crippen LogP contribution in [0.15, 0.2) is 90.1 Å². The largest absolute Gasteiger partial charge is 0.494 e. The predicted molar refractivity (Wildman–Crippen MR) is 131 cm³/mol. The van der Waals surface area contributed by atoms with Gasteiger partial charge < -0.3 is 15.0 Å². The highest BCUT2D eigenvalue weighted by molar-refractivity contribution is 8.00. The molecule has 162 valence electrons. The average Bonchev–Trinajstić information content (AvgIpc) is 3.25. The van der Waals surface area contributed by atoms with Crippen LogP contribution in [0.3, 0.4) is 0 Å². The van der Waals surface area contributed by atoms with E-state index in [9.17, 15) is 4.79 Å². The Kier molecular flexibility index (Phi) is 6.92. The number of H-pyrrole nitrogens is 1. The number of aromatic amines is 1. The molecule has 1 unspecified atom stereocenters. The molecule has 0 fully saturated rings. The summed E-state index contributed by atoms with van der Waals surface area (Å²) in [5, 5.41) is 3.33. The van der Waals surface area contributed by atoms with Crippen LogP contribution < -0.4 is 10.1 Å². The number of thioether (sulfide) groups is 1. The SMILES string of the molecule is CCOc1ccc(NC(=O)C(C)Sc2nc(-c3ccccc3)c(-c3ccccc3)[nH]2)cc1. The summed E-state index contributed by atoms with van der Waals surface area (Å²) in [6, 6.07) is 27.6. The van der Waals surface area contributed by atoms with Gasteiger partial charge in [-0.3, -0.25) is 4.79 Å². The van der Waals surface area contributed by atoms with E-state index in [1.54, 1.807) is 0 Å². The lowest BCUT2D eigenvalue weighted by molar-refractivity contribution is -0.115. The van der Waals surface area contributed by atoms with E-state index in [1.165, 1.54) is 11.8 Å². The lowest BCUT2D eigenvalue weighted by Crippen LogP contribution is -2.22. The molecule has 1 atom stereocenters. The summed E-state index contributed by atoms with van der Waals surface area (Å²) in [5.41, 5.74) is 4.63. The van der Waals surface area contributed by atoms with E-state index in [0.717, 1.165) is 34.0 Å². The van der Waals surface area contributed by atoms with E-state index in [0.29, 0.717) is 11.8 Å². The Hall–Kier alpha value is -3.51. The molecule has 0 saturated carbocycles. The third kappa shape index (κ3) is 5.21. The number of aromatic nitrogens is 2. The second-order valence-corrected chi connectivity index (χ2v) is 8.53. The minimum atomic E-state index is -0.333. The first-order valence-corrected chi connectivity index (χ1v) is 11.4. The predicted octanol–water partition coefficient (Wildman–Crippen LogP) is 6.26. The zero-order valence-electron chi connectivity index (χ0n) is 18.0. The molecule has 1 heterocycles. The first kappa shape index (κ1) is 21.7. The van der Waals surface area contributed by atoms with Gasteiger partial charge >= 0.3 is 0 Å². The second-order valence-electron chi connectivity index (χ2n) is 7.20. The number of rotatable bonds is 8. The van der Waals surface area contributed by atoms with Gasteiger partial charge in [-0.2, -0.15) is 0 Å². The summed E-state index contributed by atoms with van der Waals surface area (Å²) in [4.78, 5) is 21.0. The van der Waals surface area contributed by atoms with E-state index >= 15 is 0 Å². The second kappa shape index (κ2) is 10.2. The molecule has 0 aliphatic heterocycles. The molecular formula is C26H25N3O2S. The maximum atomic E-state index is 12.8. The lowest BCUT2D eigenvalue weighted by atomic mass is 10.1. The topological polar surface area (TPSA) is 67.0 Å². The van der Waals surface area contributed by atoms with Crippen LogP contribution in [0.2, 0.25) is 0 Å². The standard InChI is InChI=1S/C26H25N3O2S/c1-3-31-22-16-14-21(15-17-22)27-25(30)18(2)32-26-28-23(19-10-6-4-7-11-19)24(29-26)20-12-8-5-9-13-20/h4-18H,3H2,1-2H3,(H,27,30)(H,28,29). The van der Waals surface area contributed by atoms with Crippen molar-refractivity contribution in [2.24, 2.45) is 0 Å². The van der Waals surface area contributed by atoms with Crippen molar-refractivity contribution < 1.29 is 9.53 Å². The Morgan fingerprint density at radius 2 is 1.59 bits per heavy atom. The van der Waals surface area contributed by atoms with Crippen LogP contribution in [0.4, 0.5) is 5.69 Å². The zero-order valence-corrected chi connectivity index (χ0v) is 18.9. The van der Waals surface area contributed by atoms with Gasteiger partial charge in [-0.15, -0.1) is 0 Å². The molecular weight excluding hydrogens is 418 g/mol. The smallest absolute Gasteiger partial charge is 0.237 e. The summed E-state index contributed by atoms with van der Waals surface area (Å²) < 4.78 is 5.45. The highest BCUT2D eigenvalue weighted by Crippen LogP contribution is 2.34. The quantitative estimate of drug-likeness (QED) is 0.315. The normalized spacial score (nSPS) is 11.7. The zero-order chi connectivity index (χ0) is 22.3. The van der Waals surface area contributed by atoms with Crippen molar-refractivity contribution in [2.45, 2.75) is 24.3 Å². The molecule has 1 amide bonds. The molecule has 0 spiro atoms. The third-order valence-electron chi connectivity index (χ3n) is 4.88. The molecule has 0 saturated heterocycles. The fourth-order valence-electron chi connectivity index (χ4n) is 3.29. The number of hydrogen-bond acceptors (Lipinski definition) is 4. The molecule has 5 nitrogen and oxygen atoms in total. The maximum Gasteiger partial charge on any atom is 0.237 e. The summed E-state index contributed by atoms with van der Waals surface area (Å²) in [5.74, 6) is 0.698. The Bertz CT molecular complexity index is 1100. The van der Waals surface area contributed by atoms with E-state index in [1.807, 2.05) is 86.6 Å². The number of carbonyl (C=O) groups is 1. The molecule has 3 aromatic carbocycles. The molecule has 0 radical (unpaired) electrons. The number of amides is 1. The number of hydrogen-bond donors (Lipinski definition) is 2. The molecule has 0 aliphatic carbocycles.